The molecule has 1 aromatic heterocycles. The van der Waals surface area contributed by atoms with Crippen molar-refractivity contribution in [1.82, 2.24) is 0 Å². The van der Waals surface area contributed by atoms with Crippen LogP contribution in [0.2, 0.25) is 0 Å². The van der Waals surface area contributed by atoms with Gasteiger partial charge in [-0.05, 0) is 30.2 Å². The van der Waals surface area contributed by atoms with E-state index < -0.39 is 0 Å². The molecule has 1 heterocycles. The van der Waals surface area contributed by atoms with E-state index >= 15 is 0 Å². The van der Waals surface area contributed by atoms with Gasteiger partial charge in [-0.3, -0.25) is 0 Å². The zero-order chi connectivity index (χ0) is 13.0. The summed E-state index contributed by atoms with van der Waals surface area (Å²) < 4.78 is 11.1. The van der Waals surface area contributed by atoms with Crippen LogP contribution in [0.3, 0.4) is 0 Å². The van der Waals surface area contributed by atoms with E-state index in [-0.39, 0.29) is 0 Å². The van der Waals surface area contributed by atoms with Crippen LogP contribution in [0.1, 0.15) is 18.2 Å². The van der Waals surface area contributed by atoms with Gasteiger partial charge in [0.1, 0.15) is 18.1 Å². The van der Waals surface area contributed by atoms with E-state index in [4.69, 9.17) is 15.0 Å². The second-order valence-electron chi connectivity index (χ2n) is 4.10. The first-order valence-corrected chi connectivity index (χ1v) is 5.98. The first-order valence-electron chi connectivity index (χ1n) is 5.98. The molecule has 0 unspecified atom stereocenters. The quantitative estimate of drug-likeness (QED) is 0.651. The Hall–Kier alpha value is -1.94. The summed E-state index contributed by atoms with van der Waals surface area (Å²) in [6.07, 6.45) is 2.54. The molecule has 18 heavy (non-hydrogen) atoms. The van der Waals surface area contributed by atoms with Crippen LogP contribution in [0.25, 0.3) is 0 Å². The maximum atomic E-state index is 5.85. The van der Waals surface area contributed by atoms with Crippen molar-refractivity contribution in [2.24, 2.45) is 5.84 Å². The van der Waals surface area contributed by atoms with Crippen LogP contribution < -0.4 is 15.6 Å². The van der Waals surface area contributed by atoms with E-state index in [1.165, 1.54) is 0 Å². The van der Waals surface area contributed by atoms with Crippen LogP contribution >= 0.6 is 0 Å². The van der Waals surface area contributed by atoms with Crippen molar-refractivity contribution >= 4 is 5.69 Å². The lowest BCUT2D eigenvalue weighted by Gasteiger charge is -2.19. The lowest BCUT2D eigenvalue weighted by atomic mass is 10.1. The molecule has 0 aliphatic heterocycles. The highest BCUT2D eigenvalue weighted by Gasteiger charge is 2.11. The van der Waals surface area contributed by atoms with Gasteiger partial charge in [-0.15, -0.1) is 0 Å². The molecule has 0 saturated heterocycles. The number of para-hydroxylation sites is 1. The Morgan fingerprint density at radius 3 is 2.72 bits per heavy atom. The van der Waals surface area contributed by atoms with Crippen molar-refractivity contribution in [3.8, 4) is 5.75 Å². The Bertz CT molecular complexity index is 493. The van der Waals surface area contributed by atoms with Crippen LogP contribution in [0.5, 0.6) is 5.75 Å². The highest BCUT2D eigenvalue weighted by atomic mass is 16.5. The third-order valence-electron chi connectivity index (χ3n) is 2.78. The molecule has 1 aromatic carbocycles. The molecule has 0 aliphatic carbocycles. The summed E-state index contributed by atoms with van der Waals surface area (Å²) in [6, 6.07) is 9.71. The molecule has 4 nitrogen and oxygen atoms in total. The summed E-state index contributed by atoms with van der Waals surface area (Å²) in [7, 11) is 1.80. The van der Waals surface area contributed by atoms with Crippen molar-refractivity contribution in [2.75, 3.05) is 12.1 Å². The lowest BCUT2D eigenvalue weighted by Crippen LogP contribution is -2.25. The summed E-state index contributed by atoms with van der Waals surface area (Å²) in [5, 5.41) is 1.57. The molecule has 0 spiro atoms. The lowest BCUT2D eigenvalue weighted by molar-refractivity contribution is 0.268. The summed E-state index contributed by atoms with van der Waals surface area (Å²) >= 11 is 0. The largest absolute Gasteiger partial charge is 0.483 e. The van der Waals surface area contributed by atoms with Gasteiger partial charge in [-0.25, -0.2) is 5.84 Å². The monoisotopic (exact) mass is 246 g/mol. The molecule has 0 bridgehead atoms. The van der Waals surface area contributed by atoms with Gasteiger partial charge in [-0.1, -0.05) is 19.1 Å². The summed E-state index contributed by atoms with van der Waals surface area (Å²) in [6.45, 7) is 2.50. The van der Waals surface area contributed by atoms with Crippen LogP contribution in [0, 0.1) is 0 Å². The molecule has 0 saturated carbocycles. The Kier molecular flexibility index (Phi) is 3.89. The molecule has 2 aromatic rings. The van der Waals surface area contributed by atoms with E-state index in [0.29, 0.717) is 6.61 Å². The number of benzene rings is 1. The molecule has 0 fully saturated rings. The predicted molar refractivity (Wildman–Crippen MR) is 71.5 cm³/mol. The Balaban J connectivity index is 2.23. The molecular weight excluding hydrogens is 228 g/mol. The predicted octanol–water partition coefficient (Wildman–Crippen LogP) is 2.73. The normalized spacial score (nSPS) is 10.4. The topological polar surface area (TPSA) is 51.6 Å². The minimum atomic E-state index is 0.408. The number of nitrogens with two attached hydrogens (primary N) is 1. The van der Waals surface area contributed by atoms with Crippen molar-refractivity contribution in [3.05, 3.63) is 47.9 Å². The highest BCUT2D eigenvalue weighted by molar-refractivity contribution is 5.60. The number of hydrogen-bond donors (Lipinski definition) is 1. The maximum Gasteiger partial charge on any atom is 0.147 e. The van der Waals surface area contributed by atoms with E-state index in [1.54, 1.807) is 18.3 Å². The molecule has 2 N–H and O–H groups in total. The van der Waals surface area contributed by atoms with Crippen molar-refractivity contribution in [2.45, 2.75) is 20.0 Å². The van der Waals surface area contributed by atoms with Gasteiger partial charge in [0.05, 0.1) is 12.0 Å². The van der Waals surface area contributed by atoms with Gasteiger partial charge in [0, 0.05) is 7.05 Å². The van der Waals surface area contributed by atoms with Crippen molar-refractivity contribution in [3.63, 3.8) is 0 Å². The number of nitrogens with zero attached hydrogens (tertiary/aromatic N) is 1. The van der Waals surface area contributed by atoms with Crippen LogP contribution in [-0.4, -0.2) is 7.05 Å². The standard InChI is InChI=1S/C14H18N2O2/c1-3-11-6-4-8-13(16(2)15)14(11)18-10-12-7-5-9-17-12/h4-9H,3,10,15H2,1-2H3. The third kappa shape index (κ3) is 2.65. The maximum absolute atomic E-state index is 5.85. The van der Waals surface area contributed by atoms with Gasteiger partial charge >= 0.3 is 0 Å². The van der Waals surface area contributed by atoms with E-state index in [0.717, 1.165) is 29.2 Å². The number of furan rings is 1. The fourth-order valence-corrected chi connectivity index (χ4v) is 1.83. The molecule has 0 aliphatic rings. The van der Waals surface area contributed by atoms with Crippen LogP contribution in [-0.2, 0) is 13.0 Å². The summed E-state index contributed by atoms with van der Waals surface area (Å²) in [5.74, 6) is 7.44. The number of rotatable bonds is 5. The Morgan fingerprint density at radius 2 is 2.11 bits per heavy atom. The van der Waals surface area contributed by atoms with Crippen LogP contribution in [0.4, 0.5) is 5.69 Å². The minimum absolute atomic E-state index is 0.408. The van der Waals surface area contributed by atoms with E-state index in [9.17, 15) is 0 Å². The average Bonchev–Trinajstić information content (AvgIpc) is 2.88. The number of hydrogen-bond acceptors (Lipinski definition) is 4. The first-order chi connectivity index (χ1) is 8.72. The van der Waals surface area contributed by atoms with Gasteiger partial charge in [-0.2, -0.15) is 0 Å². The summed E-state index contributed by atoms with van der Waals surface area (Å²) in [4.78, 5) is 0. The zero-order valence-corrected chi connectivity index (χ0v) is 10.7. The summed E-state index contributed by atoms with van der Waals surface area (Å²) in [5.41, 5.74) is 2.01. The van der Waals surface area contributed by atoms with Crippen molar-refractivity contribution in [1.29, 1.82) is 0 Å². The van der Waals surface area contributed by atoms with Gasteiger partial charge in [0.25, 0.3) is 0 Å². The third-order valence-corrected chi connectivity index (χ3v) is 2.78. The second kappa shape index (κ2) is 5.60. The fourth-order valence-electron chi connectivity index (χ4n) is 1.83. The second-order valence-corrected chi connectivity index (χ2v) is 4.10. The van der Waals surface area contributed by atoms with E-state index in [2.05, 4.69) is 6.92 Å². The molecule has 0 radical (unpaired) electrons. The first kappa shape index (κ1) is 12.5. The number of aryl methyl sites for hydroxylation is 1. The number of ether oxygens (including phenoxy) is 1. The van der Waals surface area contributed by atoms with E-state index in [1.807, 2.05) is 30.3 Å². The Morgan fingerprint density at radius 1 is 1.28 bits per heavy atom. The van der Waals surface area contributed by atoms with Gasteiger partial charge in [0.15, 0.2) is 0 Å². The molecule has 0 amide bonds. The van der Waals surface area contributed by atoms with Crippen molar-refractivity contribution < 1.29 is 9.15 Å². The van der Waals surface area contributed by atoms with Gasteiger partial charge in [0.2, 0.25) is 0 Å². The van der Waals surface area contributed by atoms with Crippen LogP contribution in [0.15, 0.2) is 41.0 Å². The Labute approximate surface area is 107 Å². The molecular formula is C14H18N2O2. The minimum Gasteiger partial charge on any atom is -0.483 e. The molecule has 0 atom stereocenters. The smallest absolute Gasteiger partial charge is 0.147 e. The average molecular weight is 246 g/mol. The molecule has 2 rings (SSSR count). The molecule has 4 heteroatoms. The van der Waals surface area contributed by atoms with Gasteiger partial charge < -0.3 is 14.2 Å². The number of anilines is 1. The number of hydrazine groups is 1. The fraction of sp³-hybridized carbons (Fsp3) is 0.286. The highest BCUT2D eigenvalue weighted by Crippen LogP contribution is 2.31. The zero-order valence-electron chi connectivity index (χ0n) is 10.7. The molecule has 96 valence electrons. The SMILES string of the molecule is CCc1cccc(N(C)N)c1OCc1ccco1.